The highest BCUT2D eigenvalue weighted by Crippen LogP contribution is 2.60. The van der Waals surface area contributed by atoms with Crippen LogP contribution in [-0.4, -0.2) is 34.6 Å². The van der Waals surface area contributed by atoms with Crippen LogP contribution >= 0.6 is 0 Å². The molecule has 3 aliphatic rings. The molecule has 2 N–H and O–H groups in total. The number of furan rings is 1. The highest BCUT2D eigenvalue weighted by Gasteiger charge is 2.59. The van der Waals surface area contributed by atoms with E-state index in [4.69, 9.17) is 9.52 Å². The van der Waals surface area contributed by atoms with Crippen molar-refractivity contribution >= 4 is 12.0 Å². The van der Waals surface area contributed by atoms with Crippen LogP contribution in [0.2, 0.25) is 0 Å². The highest BCUT2D eigenvalue weighted by molar-refractivity contribution is 5.76. The molecule has 3 fully saturated rings. The van der Waals surface area contributed by atoms with Gasteiger partial charge in [-0.2, -0.15) is 0 Å². The minimum absolute atomic E-state index is 0.0345. The Labute approximate surface area is 141 Å². The van der Waals surface area contributed by atoms with Gasteiger partial charge in [0.25, 0.3) is 0 Å². The minimum Gasteiger partial charge on any atom is -0.481 e. The first-order valence-corrected chi connectivity index (χ1v) is 8.92. The molecule has 2 aliphatic carbocycles. The van der Waals surface area contributed by atoms with Gasteiger partial charge < -0.3 is 19.7 Å². The number of nitrogens with zero attached hydrogens (tertiary/aromatic N) is 1. The van der Waals surface area contributed by atoms with Gasteiger partial charge in [-0.1, -0.05) is 6.42 Å². The molecule has 0 bridgehead atoms. The van der Waals surface area contributed by atoms with Crippen molar-refractivity contribution in [2.24, 2.45) is 11.3 Å². The van der Waals surface area contributed by atoms with Gasteiger partial charge in [-0.05, 0) is 50.7 Å². The lowest BCUT2D eigenvalue weighted by atomic mass is 9.57. The van der Waals surface area contributed by atoms with Crippen molar-refractivity contribution in [1.29, 1.82) is 0 Å². The number of hydrogen-bond acceptors (Lipinski definition) is 3. The van der Waals surface area contributed by atoms with Crippen LogP contribution in [0.5, 0.6) is 0 Å². The molecule has 1 aromatic heterocycles. The quantitative estimate of drug-likeness (QED) is 0.890. The number of carboxylic acids is 1. The number of likely N-dealkylation sites (tertiary alicyclic amines) is 1. The van der Waals surface area contributed by atoms with Gasteiger partial charge in [0.05, 0.1) is 18.2 Å². The van der Waals surface area contributed by atoms with Gasteiger partial charge in [-0.25, -0.2) is 4.79 Å². The fourth-order valence-electron chi connectivity index (χ4n) is 4.63. The number of carbonyl (C=O) groups excluding carboxylic acids is 1. The summed E-state index contributed by atoms with van der Waals surface area (Å²) in [6.07, 6.45) is 7.99. The molecule has 1 aliphatic heterocycles. The molecule has 0 radical (unpaired) electrons. The lowest BCUT2D eigenvalue weighted by Crippen LogP contribution is -2.65. The first kappa shape index (κ1) is 15.5. The molecule has 24 heavy (non-hydrogen) atoms. The van der Waals surface area contributed by atoms with Gasteiger partial charge in [0, 0.05) is 18.0 Å². The van der Waals surface area contributed by atoms with E-state index in [1.807, 2.05) is 17.0 Å². The smallest absolute Gasteiger partial charge is 0.318 e. The summed E-state index contributed by atoms with van der Waals surface area (Å²) in [5.41, 5.74) is 0.218. The molecule has 130 valence electrons. The molecule has 4 rings (SSSR count). The van der Waals surface area contributed by atoms with Crippen molar-refractivity contribution in [3.8, 4) is 0 Å². The van der Waals surface area contributed by atoms with Crippen molar-refractivity contribution in [2.45, 2.75) is 57.0 Å². The van der Waals surface area contributed by atoms with Crippen LogP contribution in [-0.2, 0) is 4.79 Å². The Balaban J connectivity index is 1.37. The molecular weight excluding hydrogens is 308 g/mol. The van der Waals surface area contributed by atoms with Crippen LogP contribution in [0, 0.1) is 11.3 Å². The zero-order valence-corrected chi connectivity index (χ0v) is 13.7. The molecule has 1 aromatic rings. The predicted octanol–water partition coefficient (Wildman–Crippen LogP) is 3.16. The summed E-state index contributed by atoms with van der Waals surface area (Å²) in [5, 5.41) is 12.2. The Bertz CT molecular complexity index is 615. The van der Waals surface area contributed by atoms with E-state index in [0.29, 0.717) is 12.8 Å². The van der Waals surface area contributed by atoms with E-state index in [0.717, 1.165) is 38.0 Å². The Kier molecular flexibility index (Phi) is 3.77. The fraction of sp³-hybridized carbons (Fsp3) is 0.667. The number of carbonyl (C=O) groups is 2. The SMILES string of the molecule is O=C(O)C1CCC(NC(=O)N2CC3(CCC3)C2c2ccco2)CC1. The number of rotatable bonds is 3. The third-order valence-electron chi connectivity index (χ3n) is 6.20. The normalized spacial score (nSPS) is 31.2. The van der Waals surface area contributed by atoms with Crippen LogP contribution in [0.4, 0.5) is 4.79 Å². The van der Waals surface area contributed by atoms with E-state index in [9.17, 15) is 9.59 Å². The Morgan fingerprint density at radius 3 is 2.54 bits per heavy atom. The van der Waals surface area contributed by atoms with Crippen molar-refractivity contribution in [3.63, 3.8) is 0 Å². The van der Waals surface area contributed by atoms with Gasteiger partial charge >= 0.3 is 12.0 Å². The summed E-state index contributed by atoms with van der Waals surface area (Å²) in [7, 11) is 0. The molecule has 1 atom stereocenters. The second kappa shape index (κ2) is 5.83. The van der Waals surface area contributed by atoms with E-state index in [1.54, 1.807) is 6.26 Å². The van der Waals surface area contributed by atoms with Crippen LogP contribution in [0.3, 0.4) is 0 Å². The highest BCUT2D eigenvalue weighted by atomic mass is 16.4. The Morgan fingerprint density at radius 2 is 2.00 bits per heavy atom. The molecule has 0 aromatic carbocycles. The van der Waals surface area contributed by atoms with Gasteiger partial charge in [0.15, 0.2) is 0 Å². The Hall–Kier alpha value is -1.98. The van der Waals surface area contributed by atoms with E-state index in [2.05, 4.69) is 5.32 Å². The molecular formula is C18H24N2O4. The topological polar surface area (TPSA) is 82.8 Å². The maximum absolute atomic E-state index is 12.7. The summed E-state index contributed by atoms with van der Waals surface area (Å²) >= 11 is 0. The van der Waals surface area contributed by atoms with Crippen molar-refractivity contribution in [1.82, 2.24) is 10.2 Å². The maximum Gasteiger partial charge on any atom is 0.318 e. The summed E-state index contributed by atoms with van der Waals surface area (Å²) in [6.45, 7) is 0.800. The van der Waals surface area contributed by atoms with Crippen LogP contribution in [0.15, 0.2) is 22.8 Å². The predicted molar refractivity (Wildman–Crippen MR) is 86.4 cm³/mol. The van der Waals surface area contributed by atoms with Crippen LogP contribution < -0.4 is 5.32 Å². The fourth-order valence-corrected chi connectivity index (χ4v) is 4.63. The maximum atomic E-state index is 12.7. The standard InChI is InChI=1S/C18H24N2O4/c21-16(22)12-4-6-13(7-5-12)19-17(23)20-11-18(8-2-9-18)15(20)14-3-1-10-24-14/h1,3,10,12-13,15H,2,4-9,11H2,(H,19,23)(H,21,22). The molecule has 1 unspecified atom stereocenters. The molecule has 1 spiro atoms. The number of aliphatic carboxylic acids is 1. The van der Waals surface area contributed by atoms with Gasteiger partial charge in [-0.15, -0.1) is 0 Å². The van der Waals surface area contributed by atoms with Crippen LogP contribution in [0.25, 0.3) is 0 Å². The molecule has 1 saturated heterocycles. The monoisotopic (exact) mass is 332 g/mol. The second-order valence-electron chi connectivity index (χ2n) is 7.60. The number of amides is 2. The zero-order valence-electron chi connectivity index (χ0n) is 13.7. The lowest BCUT2D eigenvalue weighted by Gasteiger charge is -2.61. The van der Waals surface area contributed by atoms with Crippen molar-refractivity contribution in [3.05, 3.63) is 24.2 Å². The summed E-state index contributed by atoms with van der Waals surface area (Å²) < 4.78 is 5.59. The minimum atomic E-state index is -0.715. The lowest BCUT2D eigenvalue weighted by molar-refractivity contribution is -0.142. The third kappa shape index (κ3) is 2.48. The van der Waals surface area contributed by atoms with E-state index in [1.165, 1.54) is 6.42 Å². The van der Waals surface area contributed by atoms with Crippen molar-refractivity contribution in [2.75, 3.05) is 6.54 Å². The first-order valence-electron chi connectivity index (χ1n) is 8.92. The summed E-state index contributed by atoms with van der Waals surface area (Å²) in [6, 6.07) is 3.94. The van der Waals surface area contributed by atoms with E-state index >= 15 is 0 Å². The number of urea groups is 1. The molecule has 2 amide bonds. The number of hydrogen-bond donors (Lipinski definition) is 2. The third-order valence-corrected chi connectivity index (χ3v) is 6.20. The Morgan fingerprint density at radius 1 is 1.25 bits per heavy atom. The molecule has 6 nitrogen and oxygen atoms in total. The first-order chi connectivity index (χ1) is 11.6. The van der Waals surface area contributed by atoms with Gasteiger partial charge in [0.2, 0.25) is 0 Å². The van der Waals surface area contributed by atoms with Crippen molar-refractivity contribution < 1.29 is 19.1 Å². The average molecular weight is 332 g/mol. The molecule has 6 heteroatoms. The summed E-state index contributed by atoms with van der Waals surface area (Å²) in [5.74, 6) is -0.0886. The number of nitrogens with one attached hydrogen (secondary N) is 1. The average Bonchev–Trinajstić information content (AvgIpc) is 2.98. The molecule has 2 saturated carbocycles. The summed E-state index contributed by atoms with van der Waals surface area (Å²) in [4.78, 5) is 25.6. The number of carboxylic acid groups (broad SMARTS) is 1. The van der Waals surface area contributed by atoms with E-state index < -0.39 is 5.97 Å². The largest absolute Gasteiger partial charge is 0.481 e. The van der Waals surface area contributed by atoms with Gasteiger partial charge in [0.1, 0.15) is 5.76 Å². The van der Waals surface area contributed by atoms with Crippen LogP contribution in [0.1, 0.15) is 56.7 Å². The van der Waals surface area contributed by atoms with Gasteiger partial charge in [-0.3, -0.25) is 4.79 Å². The van der Waals surface area contributed by atoms with E-state index in [-0.39, 0.29) is 29.4 Å². The molecule has 2 heterocycles. The second-order valence-corrected chi connectivity index (χ2v) is 7.60. The zero-order chi connectivity index (χ0) is 16.7.